The van der Waals surface area contributed by atoms with Crippen LogP contribution in [0.1, 0.15) is 30.3 Å². The van der Waals surface area contributed by atoms with E-state index in [2.05, 4.69) is 6.92 Å². The van der Waals surface area contributed by atoms with E-state index in [0.717, 1.165) is 5.56 Å². The summed E-state index contributed by atoms with van der Waals surface area (Å²) in [6.45, 7) is 2.10. The van der Waals surface area contributed by atoms with Gasteiger partial charge < -0.3 is 9.32 Å². The first kappa shape index (κ1) is 14.2. The van der Waals surface area contributed by atoms with Crippen molar-refractivity contribution in [3.8, 4) is 11.3 Å². The van der Waals surface area contributed by atoms with Gasteiger partial charge in [-0.3, -0.25) is 4.79 Å². The van der Waals surface area contributed by atoms with Gasteiger partial charge in [-0.2, -0.15) is 0 Å². The largest absolute Gasteiger partial charge is 0.451 e. The molecule has 1 atom stereocenters. The molecular formula is C17H18ClNO2. The van der Waals surface area contributed by atoms with Crippen LogP contribution in [-0.2, 0) is 0 Å². The molecule has 1 aliphatic carbocycles. The van der Waals surface area contributed by atoms with Crippen molar-refractivity contribution in [1.82, 2.24) is 4.90 Å². The van der Waals surface area contributed by atoms with Crippen LogP contribution in [0.3, 0.4) is 0 Å². The number of nitrogens with zero attached hydrogens (tertiary/aromatic N) is 1. The zero-order valence-electron chi connectivity index (χ0n) is 12.2. The van der Waals surface area contributed by atoms with Crippen molar-refractivity contribution >= 4 is 17.5 Å². The van der Waals surface area contributed by atoms with E-state index in [1.54, 1.807) is 11.0 Å². The van der Waals surface area contributed by atoms with Gasteiger partial charge in [0, 0.05) is 23.7 Å². The van der Waals surface area contributed by atoms with E-state index >= 15 is 0 Å². The molecule has 1 aromatic heterocycles. The van der Waals surface area contributed by atoms with Crippen LogP contribution in [0.2, 0.25) is 5.02 Å². The minimum atomic E-state index is -0.0605. The van der Waals surface area contributed by atoms with E-state index in [1.807, 2.05) is 37.4 Å². The van der Waals surface area contributed by atoms with E-state index in [4.69, 9.17) is 16.0 Å². The lowest BCUT2D eigenvalue weighted by atomic mass is 10.2. The molecule has 1 aliphatic rings. The smallest absolute Gasteiger partial charge is 0.289 e. The summed E-state index contributed by atoms with van der Waals surface area (Å²) < 4.78 is 5.71. The van der Waals surface area contributed by atoms with E-state index in [1.165, 1.54) is 12.8 Å². The van der Waals surface area contributed by atoms with Gasteiger partial charge in [0.15, 0.2) is 5.76 Å². The second-order valence-corrected chi connectivity index (χ2v) is 6.10. The fraction of sp³-hybridized carbons (Fsp3) is 0.353. The van der Waals surface area contributed by atoms with Crippen LogP contribution < -0.4 is 0 Å². The summed E-state index contributed by atoms with van der Waals surface area (Å²) in [6.07, 6.45) is 2.43. The molecule has 1 heterocycles. The molecule has 1 amide bonds. The third kappa shape index (κ3) is 2.98. The van der Waals surface area contributed by atoms with Gasteiger partial charge in [0.1, 0.15) is 5.76 Å². The van der Waals surface area contributed by atoms with Crippen molar-refractivity contribution in [3.05, 3.63) is 47.2 Å². The molecule has 1 aromatic carbocycles. The highest BCUT2D eigenvalue weighted by atomic mass is 35.5. The number of carbonyl (C=O) groups is 1. The molecule has 4 heteroatoms. The topological polar surface area (TPSA) is 33.5 Å². The lowest BCUT2D eigenvalue weighted by Crippen LogP contribution is -2.36. The van der Waals surface area contributed by atoms with Crippen molar-refractivity contribution in [2.75, 3.05) is 7.05 Å². The lowest BCUT2D eigenvalue weighted by Gasteiger charge is -2.23. The monoisotopic (exact) mass is 303 g/mol. The van der Waals surface area contributed by atoms with Crippen LogP contribution in [0.25, 0.3) is 11.3 Å². The minimum absolute atomic E-state index is 0.0605. The Bertz CT molecular complexity index is 643. The molecule has 0 spiro atoms. The van der Waals surface area contributed by atoms with Gasteiger partial charge in [-0.15, -0.1) is 0 Å². The van der Waals surface area contributed by atoms with Crippen LogP contribution in [0.4, 0.5) is 0 Å². The zero-order valence-corrected chi connectivity index (χ0v) is 12.9. The fourth-order valence-electron chi connectivity index (χ4n) is 2.48. The van der Waals surface area contributed by atoms with Crippen LogP contribution in [-0.4, -0.2) is 23.9 Å². The summed E-state index contributed by atoms with van der Waals surface area (Å²) in [6, 6.07) is 11.2. The maximum Gasteiger partial charge on any atom is 0.289 e. The Labute approximate surface area is 129 Å². The highest BCUT2D eigenvalue weighted by Gasteiger charge is 2.33. The Balaban J connectivity index is 1.77. The molecule has 3 rings (SSSR count). The summed E-state index contributed by atoms with van der Waals surface area (Å²) in [5, 5.41) is 0.680. The van der Waals surface area contributed by atoms with E-state index in [9.17, 15) is 4.79 Å². The Morgan fingerprint density at radius 2 is 1.90 bits per heavy atom. The summed E-state index contributed by atoms with van der Waals surface area (Å²) in [5.74, 6) is 1.65. The number of amides is 1. The van der Waals surface area contributed by atoms with Crippen LogP contribution in [0.15, 0.2) is 40.8 Å². The van der Waals surface area contributed by atoms with Crippen molar-refractivity contribution < 1.29 is 9.21 Å². The number of benzene rings is 1. The lowest BCUT2D eigenvalue weighted by molar-refractivity contribution is 0.0696. The van der Waals surface area contributed by atoms with Crippen molar-refractivity contribution in [3.63, 3.8) is 0 Å². The zero-order chi connectivity index (χ0) is 15.0. The molecule has 1 fully saturated rings. The normalized spacial score (nSPS) is 15.8. The van der Waals surface area contributed by atoms with Crippen LogP contribution in [0, 0.1) is 5.92 Å². The third-order valence-corrected chi connectivity index (χ3v) is 4.43. The van der Waals surface area contributed by atoms with Crippen molar-refractivity contribution in [2.24, 2.45) is 5.92 Å². The maximum atomic E-state index is 12.4. The Morgan fingerprint density at radius 3 is 2.52 bits per heavy atom. The molecule has 0 saturated heterocycles. The number of carbonyl (C=O) groups excluding carboxylic acids is 1. The number of hydrogen-bond acceptors (Lipinski definition) is 2. The quantitative estimate of drug-likeness (QED) is 0.835. The number of rotatable bonds is 4. The molecule has 0 bridgehead atoms. The second kappa shape index (κ2) is 5.57. The molecule has 110 valence electrons. The van der Waals surface area contributed by atoms with Crippen LogP contribution >= 0.6 is 11.6 Å². The van der Waals surface area contributed by atoms with Gasteiger partial charge in [-0.1, -0.05) is 11.6 Å². The molecule has 21 heavy (non-hydrogen) atoms. The Hall–Kier alpha value is -1.74. The standard InChI is InChI=1S/C17H18ClNO2/c1-11(12-3-4-12)19(2)17(20)16-10-9-15(21-16)13-5-7-14(18)8-6-13/h5-12H,3-4H2,1-2H3/t11-/m1/s1. The van der Waals surface area contributed by atoms with Crippen molar-refractivity contribution in [1.29, 1.82) is 0 Å². The first-order chi connectivity index (χ1) is 10.1. The van der Waals surface area contributed by atoms with Gasteiger partial charge in [0.2, 0.25) is 0 Å². The van der Waals surface area contributed by atoms with Gasteiger partial charge in [0.05, 0.1) is 0 Å². The number of furan rings is 1. The fourth-order valence-corrected chi connectivity index (χ4v) is 2.60. The summed E-state index contributed by atoms with van der Waals surface area (Å²) in [7, 11) is 1.84. The highest BCUT2D eigenvalue weighted by Crippen LogP contribution is 2.35. The predicted molar refractivity (Wildman–Crippen MR) is 83.4 cm³/mol. The molecule has 0 unspecified atom stereocenters. The summed E-state index contributed by atoms with van der Waals surface area (Å²) >= 11 is 5.88. The predicted octanol–water partition coefficient (Wildman–Crippen LogP) is 4.47. The molecule has 3 nitrogen and oxygen atoms in total. The molecule has 0 aliphatic heterocycles. The maximum absolute atomic E-state index is 12.4. The van der Waals surface area contributed by atoms with Gasteiger partial charge >= 0.3 is 0 Å². The average molecular weight is 304 g/mol. The van der Waals surface area contributed by atoms with E-state index in [-0.39, 0.29) is 11.9 Å². The summed E-state index contributed by atoms with van der Waals surface area (Å²) in [5.41, 5.74) is 0.913. The first-order valence-corrected chi connectivity index (χ1v) is 7.57. The minimum Gasteiger partial charge on any atom is -0.451 e. The average Bonchev–Trinajstić information content (AvgIpc) is 3.23. The molecule has 0 N–H and O–H groups in total. The van der Waals surface area contributed by atoms with E-state index in [0.29, 0.717) is 22.5 Å². The second-order valence-electron chi connectivity index (χ2n) is 5.66. The van der Waals surface area contributed by atoms with Gasteiger partial charge in [-0.25, -0.2) is 0 Å². The van der Waals surface area contributed by atoms with Gasteiger partial charge in [-0.05, 0) is 62.1 Å². The number of halogens is 1. The molecule has 2 aromatic rings. The summed E-state index contributed by atoms with van der Waals surface area (Å²) in [4.78, 5) is 14.2. The molecule has 1 saturated carbocycles. The number of hydrogen-bond donors (Lipinski definition) is 0. The van der Waals surface area contributed by atoms with E-state index < -0.39 is 0 Å². The van der Waals surface area contributed by atoms with Crippen LogP contribution in [0.5, 0.6) is 0 Å². The Kier molecular flexibility index (Phi) is 3.77. The highest BCUT2D eigenvalue weighted by molar-refractivity contribution is 6.30. The third-order valence-electron chi connectivity index (χ3n) is 4.18. The SMILES string of the molecule is C[C@H](C1CC1)N(C)C(=O)c1ccc(-c2ccc(Cl)cc2)o1. The molecular weight excluding hydrogens is 286 g/mol. The molecule has 0 radical (unpaired) electrons. The Morgan fingerprint density at radius 1 is 1.24 bits per heavy atom. The van der Waals surface area contributed by atoms with Crippen molar-refractivity contribution in [2.45, 2.75) is 25.8 Å². The van der Waals surface area contributed by atoms with Gasteiger partial charge in [0.25, 0.3) is 5.91 Å². The first-order valence-electron chi connectivity index (χ1n) is 7.19.